The van der Waals surface area contributed by atoms with E-state index in [4.69, 9.17) is 11.6 Å². The Balaban J connectivity index is 1.35. The fourth-order valence-corrected chi connectivity index (χ4v) is 6.49. The molecular weight excluding hydrogens is 686 g/mol. The molecule has 0 saturated carbocycles. The van der Waals surface area contributed by atoms with Crippen LogP contribution >= 0.6 is 11.6 Å². The molecule has 1 aromatic carbocycles. The Morgan fingerprint density at radius 2 is 1.84 bits per heavy atom. The first-order valence-electron chi connectivity index (χ1n) is 16.0. The molecule has 1 atom stereocenters. The van der Waals surface area contributed by atoms with Gasteiger partial charge in [0, 0.05) is 44.6 Å². The molecular formula is C32H34ClF4N9O4. The van der Waals surface area contributed by atoms with E-state index in [1.165, 1.54) is 34.7 Å². The van der Waals surface area contributed by atoms with Gasteiger partial charge in [-0.15, -0.1) is 5.10 Å². The Labute approximate surface area is 288 Å². The molecule has 266 valence electrons. The molecule has 50 heavy (non-hydrogen) atoms. The Hall–Kier alpha value is -4.93. The van der Waals surface area contributed by atoms with Crippen LogP contribution in [-0.4, -0.2) is 91.4 Å². The number of aromatic hydroxyl groups is 1. The van der Waals surface area contributed by atoms with E-state index in [1.54, 1.807) is 16.7 Å². The lowest BCUT2D eigenvalue weighted by Gasteiger charge is -2.36. The van der Waals surface area contributed by atoms with Gasteiger partial charge in [-0.25, -0.2) is 9.37 Å². The maximum atomic E-state index is 14.4. The van der Waals surface area contributed by atoms with Crippen LogP contribution in [0.5, 0.6) is 5.75 Å². The largest absolute Gasteiger partial charge is 0.504 e. The number of hydrogen-bond donors (Lipinski definition) is 2. The first-order chi connectivity index (χ1) is 23.8. The Morgan fingerprint density at radius 1 is 1.10 bits per heavy atom. The minimum Gasteiger partial charge on any atom is -0.504 e. The number of halogens is 5. The Bertz CT molecular complexity index is 2010. The lowest BCUT2D eigenvalue weighted by molar-refractivity contribution is -0.137. The van der Waals surface area contributed by atoms with Crippen LogP contribution in [-0.2, 0) is 23.9 Å². The van der Waals surface area contributed by atoms with Crippen LogP contribution in [0.3, 0.4) is 0 Å². The van der Waals surface area contributed by atoms with Gasteiger partial charge in [-0.05, 0) is 56.0 Å². The zero-order valence-electron chi connectivity index (χ0n) is 27.2. The molecule has 13 nitrogen and oxygen atoms in total. The molecule has 0 radical (unpaired) electrons. The van der Waals surface area contributed by atoms with Crippen molar-refractivity contribution in [3.63, 3.8) is 0 Å². The summed E-state index contributed by atoms with van der Waals surface area (Å²) in [5.74, 6) is -1.38. The minimum absolute atomic E-state index is 0.0141. The highest BCUT2D eigenvalue weighted by Gasteiger charge is 2.33. The molecule has 0 spiro atoms. The standard InChI is InChI=1S/C32H34ClF4N9O4/c1-3-23-26(42-11-13-43(14-12-42)28(49)25-27(48)21(33)8-9-38-25)29(50)46-31(40-30(41-46)44-10-4-5-20(34)16-44)45(23)17-24(47)39-22-7-6-19(15-18(22)2)32(35,36)37/h6-9,15,20,48H,3-5,10-14,16-17H2,1-2H3,(H,39,47)/t20-/m0/s1. The first kappa shape index (κ1) is 34.9. The number of alkyl halides is 4. The third-order valence-electron chi connectivity index (χ3n) is 8.89. The first-order valence-corrected chi connectivity index (χ1v) is 16.4. The van der Waals surface area contributed by atoms with E-state index in [2.05, 4.69) is 20.4 Å². The molecule has 2 aliphatic heterocycles. The highest BCUT2D eigenvalue weighted by molar-refractivity contribution is 6.32. The lowest BCUT2D eigenvalue weighted by Crippen LogP contribution is -2.51. The van der Waals surface area contributed by atoms with Gasteiger partial charge in [-0.3, -0.25) is 14.4 Å². The predicted molar refractivity (Wildman–Crippen MR) is 177 cm³/mol. The number of pyridine rings is 1. The second-order valence-electron chi connectivity index (χ2n) is 12.2. The summed E-state index contributed by atoms with van der Waals surface area (Å²) in [5, 5.41) is 17.4. The Morgan fingerprint density at radius 3 is 2.50 bits per heavy atom. The van der Waals surface area contributed by atoms with E-state index in [1.807, 2.05) is 0 Å². The van der Waals surface area contributed by atoms with Crippen molar-refractivity contribution in [2.75, 3.05) is 54.4 Å². The Kier molecular flexibility index (Phi) is 9.61. The second kappa shape index (κ2) is 13.8. The summed E-state index contributed by atoms with van der Waals surface area (Å²) in [6.07, 6.45) is -3.10. The number of carbonyl (C=O) groups excluding carboxylic acids is 2. The number of aryl methyl sites for hydroxylation is 1. The normalized spacial score (nSPS) is 17.0. The third-order valence-corrected chi connectivity index (χ3v) is 9.19. The van der Waals surface area contributed by atoms with Crippen molar-refractivity contribution in [1.29, 1.82) is 0 Å². The quantitative estimate of drug-likeness (QED) is 0.271. The number of piperazine rings is 1. The molecule has 5 heterocycles. The average Bonchev–Trinajstić information content (AvgIpc) is 3.54. The summed E-state index contributed by atoms with van der Waals surface area (Å²) in [7, 11) is 0. The molecule has 18 heteroatoms. The topological polar surface area (TPSA) is 141 Å². The van der Waals surface area contributed by atoms with Crippen LogP contribution in [0.4, 0.5) is 34.9 Å². The molecule has 3 aromatic heterocycles. The number of piperidine rings is 1. The summed E-state index contributed by atoms with van der Waals surface area (Å²) in [6.45, 7) is 4.12. The van der Waals surface area contributed by atoms with Crippen molar-refractivity contribution in [1.82, 2.24) is 29.0 Å². The maximum absolute atomic E-state index is 14.4. The van der Waals surface area contributed by atoms with Gasteiger partial charge in [-0.1, -0.05) is 18.5 Å². The lowest BCUT2D eigenvalue weighted by atomic mass is 10.1. The zero-order chi connectivity index (χ0) is 35.9. The number of benzene rings is 1. The molecule has 4 aromatic rings. The minimum atomic E-state index is -4.55. The van der Waals surface area contributed by atoms with Crippen LogP contribution in [0.1, 0.15) is 47.1 Å². The van der Waals surface area contributed by atoms with Crippen molar-refractivity contribution in [3.05, 3.63) is 68.4 Å². The highest BCUT2D eigenvalue weighted by atomic mass is 35.5. The number of hydrogen-bond acceptors (Lipinski definition) is 9. The van der Waals surface area contributed by atoms with Gasteiger partial charge in [0.25, 0.3) is 11.5 Å². The van der Waals surface area contributed by atoms with Gasteiger partial charge < -0.3 is 29.7 Å². The molecule has 2 aliphatic rings. The smallest absolute Gasteiger partial charge is 0.416 e. The van der Waals surface area contributed by atoms with E-state index >= 15 is 0 Å². The van der Waals surface area contributed by atoms with E-state index < -0.39 is 41.0 Å². The van der Waals surface area contributed by atoms with Crippen molar-refractivity contribution in [2.24, 2.45) is 0 Å². The predicted octanol–water partition coefficient (Wildman–Crippen LogP) is 4.07. The number of rotatable bonds is 7. The van der Waals surface area contributed by atoms with Crippen LogP contribution in [0.2, 0.25) is 5.02 Å². The van der Waals surface area contributed by atoms with Gasteiger partial charge in [0.05, 0.1) is 22.8 Å². The van der Waals surface area contributed by atoms with Crippen molar-refractivity contribution in [2.45, 2.75) is 52.0 Å². The second-order valence-corrected chi connectivity index (χ2v) is 12.6. The van der Waals surface area contributed by atoms with Crippen LogP contribution < -0.4 is 20.7 Å². The maximum Gasteiger partial charge on any atom is 0.416 e. The molecule has 0 bridgehead atoms. The number of amides is 2. The van der Waals surface area contributed by atoms with E-state index in [9.17, 15) is 37.1 Å². The summed E-state index contributed by atoms with van der Waals surface area (Å²) in [6, 6.07) is 4.37. The van der Waals surface area contributed by atoms with E-state index in [-0.39, 0.29) is 85.1 Å². The number of fused-ring (bicyclic) bond motifs is 1. The average molecular weight is 720 g/mol. The van der Waals surface area contributed by atoms with E-state index in [0.29, 0.717) is 25.1 Å². The summed E-state index contributed by atoms with van der Waals surface area (Å²) in [4.78, 5) is 54.3. The van der Waals surface area contributed by atoms with Gasteiger partial charge in [0.1, 0.15) is 18.4 Å². The fourth-order valence-electron chi connectivity index (χ4n) is 6.34. The van der Waals surface area contributed by atoms with Gasteiger partial charge in [0.15, 0.2) is 11.4 Å². The van der Waals surface area contributed by atoms with Gasteiger partial charge in [0.2, 0.25) is 17.6 Å². The van der Waals surface area contributed by atoms with Crippen molar-refractivity contribution >= 4 is 46.5 Å². The fraction of sp³-hybridized carbons (Fsp3) is 0.438. The monoisotopic (exact) mass is 719 g/mol. The zero-order valence-corrected chi connectivity index (χ0v) is 27.9. The van der Waals surface area contributed by atoms with Crippen molar-refractivity contribution in [3.8, 4) is 5.75 Å². The molecule has 2 saturated heterocycles. The SMILES string of the molecule is CCc1c(N2CCN(C(=O)c3nccc(Cl)c3O)CC2)c(=O)n2nc(N3CCC[C@H](F)C3)nc2n1CC(=O)Nc1ccc(C(F)(F)F)cc1C. The molecule has 2 fully saturated rings. The van der Waals surface area contributed by atoms with Crippen molar-refractivity contribution < 1.29 is 32.3 Å². The van der Waals surface area contributed by atoms with E-state index in [0.717, 1.165) is 16.6 Å². The third kappa shape index (κ3) is 6.78. The molecule has 0 unspecified atom stereocenters. The molecule has 6 rings (SSSR count). The molecule has 2 N–H and O–H groups in total. The number of carbonyl (C=O) groups is 2. The molecule has 0 aliphatic carbocycles. The number of nitrogens with zero attached hydrogens (tertiary/aromatic N) is 8. The van der Waals surface area contributed by atoms with Gasteiger partial charge in [-0.2, -0.15) is 22.7 Å². The van der Waals surface area contributed by atoms with Gasteiger partial charge >= 0.3 is 6.18 Å². The number of nitrogens with one attached hydrogen (secondary N) is 1. The number of anilines is 3. The highest BCUT2D eigenvalue weighted by Crippen LogP contribution is 2.32. The summed E-state index contributed by atoms with van der Waals surface area (Å²) in [5.41, 5.74) is -0.498. The molecule has 2 amide bonds. The number of aromatic nitrogens is 5. The summed E-state index contributed by atoms with van der Waals surface area (Å²) < 4.78 is 56.7. The van der Waals surface area contributed by atoms with Crippen LogP contribution in [0.25, 0.3) is 5.78 Å². The van der Waals surface area contributed by atoms with Crippen LogP contribution in [0.15, 0.2) is 35.3 Å². The summed E-state index contributed by atoms with van der Waals surface area (Å²) >= 11 is 5.97. The van der Waals surface area contributed by atoms with Crippen LogP contribution in [0, 0.1) is 6.92 Å².